The molecule has 0 N–H and O–H groups in total. The first kappa shape index (κ1) is 14.4. The Morgan fingerprint density at radius 1 is 1.44 bits per heavy atom. The average molecular weight is 396 g/mol. The maximum atomic E-state index is 12.4. The van der Waals surface area contributed by atoms with Crippen LogP contribution in [-0.2, 0) is 0 Å². The van der Waals surface area contributed by atoms with E-state index in [1.54, 1.807) is 0 Å². The smallest absolute Gasteiger partial charge is 0.255 e. The molecule has 2 nitrogen and oxygen atoms in total. The lowest BCUT2D eigenvalue weighted by atomic mass is 10.1. The molecule has 1 heterocycles. The van der Waals surface area contributed by atoms with Crippen molar-refractivity contribution in [1.82, 2.24) is 4.90 Å². The van der Waals surface area contributed by atoms with Crippen LogP contribution in [0.3, 0.4) is 0 Å². The van der Waals surface area contributed by atoms with Gasteiger partial charge < -0.3 is 4.90 Å². The molecule has 1 aromatic carbocycles. The number of carbonyl (C=O) groups is 1. The van der Waals surface area contributed by atoms with E-state index in [1.807, 2.05) is 23.1 Å². The van der Waals surface area contributed by atoms with Gasteiger partial charge >= 0.3 is 0 Å². The number of rotatable bonds is 3. The normalized spacial score (nSPS) is 19.3. The highest BCUT2D eigenvalue weighted by atomic mass is 79.9. The number of carbonyl (C=O) groups excluding carboxylic acids is 1. The van der Waals surface area contributed by atoms with Gasteiger partial charge in [-0.2, -0.15) is 0 Å². The predicted molar refractivity (Wildman–Crippen MR) is 81.2 cm³/mol. The van der Waals surface area contributed by atoms with Crippen molar-refractivity contribution < 1.29 is 4.79 Å². The summed E-state index contributed by atoms with van der Waals surface area (Å²) in [5.41, 5.74) is 0.718. The van der Waals surface area contributed by atoms with Gasteiger partial charge in [-0.15, -0.1) is 11.6 Å². The standard InChI is InChI=1S/C13H14Br2ClNO/c14-10-1-2-12(15)11(7-10)13(18)17-6-4-9(8-17)3-5-16/h1-2,7,9H,3-6,8H2. The molecular formula is C13H14Br2ClNO. The quantitative estimate of drug-likeness (QED) is 0.699. The average Bonchev–Trinajstić information content (AvgIpc) is 2.80. The lowest BCUT2D eigenvalue weighted by Crippen LogP contribution is -2.29. The van der Waals surface area contributed by atoms with Crippen LogP contribution in [0.4, 0.5) is 0 Å². The van der Waals surface area contributed by atoms with Crippen molar-refractivity contribution in [3.63, 3.8) is 0 Å². The van der Waals surface area contributed by atoms with E-state index in [4.69, 9.17) is 11.6 Å². The molecule has 0 bridgehead atoms. The van der Waals surface area contributed by atoms with Gasteiger partial charge in [-0.1, -0.05) is 15.9 Å². The third-order valence-electron chi connectivity index (χ3n) is 3.25. The molecule has 2 rings (SSSR count). The van der Waals surface area contributed by atoms with Crippen LogP contribution >= 0.6 is 43.5 Å². The third-order valence-corrected chi connectivity index (χ3v) is 4.65. The minimum Gasteiger partial charge on any atom is -0.338 e. The van der Waals surface area contributed by atoms with Crippen molar-refractivity contribution in [2.45, 2.75) is 12.8 Å². The molecule has 1 amide bonds. The summed E-state index contributed by atoms with van der Waals surface area (Å²) in [6, 6.07) is 5.67. The van der Waals surface area contributed by atoms with Gasteiger partial charge in [-0.25, -0.2) is 0 Å². The molecule has 0 aromatic heterocycles. The van der Waals surface area contributed by atoms with E-state index in [1.165, 1.54) is 0 Å². The summed E-state index contributed by atoms with van der Waals surface area (Å²) in [5, 5.41) is 0. The van der Waals surface area contributed by atoms with Gasteiger partial charge in [-0.3, -0.25) is 4.79 Å². The van der Waals surface area contributed by atoms with E-state index >= 15 is 0 Å². The number of halogens is 3. The van der Waals surface area contributed by atoms with Gasteiger partial charge in [0, 0.05) is 27.9 Å². The summed E-state index contributed by atoms with van der Waals surface area (Å²) in [5.74, 6) is 1.32. The molecule has 1 aliphatic rings. The number of amides is 1. The van der Waals surface area contributed by atoms with E-state index in [-0.39, 0.29) is 5.91 Å². The minimum absolute atomic E-state index is 0.0975. The van der Waals surface area contributed by atoms with Gasteiger partial charge in [-0.05, 0) is 52.9 Å². The van der Waals surface area contributed by atoms with Crippen LogP contribution in [0.2, 0.25) is 0 Å². The summed E-state index contributed by atoms with van der Waals surface area (Å²) in [7, 11) is 0. The fraction of sp³-hybridized carbons (Fsp3) is 0.462. The van der Waals surface area contributed by atoms with E-state index in [2.05, 4.69) is 31.9 Å². The molecule has 0 radical (unpaired) electrons. The third kappa shape index (κ3) is 3.28. The first-order valence-corrected chi connectivity index (χ1v) is 8.04. The first-order chi connectivity index (χ1) is 8.61. The minimum atomic E-state index is 0.0975. The van der Waals surface area contributed by atoms with Crippen molar-refractivity contribution in [2.24, 2.45) is 5.92 Å². The van der Waals surface area contributed by atoms with Crippen LogP contribution in [-0.4, -0.2) is 29.8 Å². The lowest BCUT2D eigenvalue weighted by molar-refractivity contribution is 0.0786. The van der Waals surface area contributed by atoms with Gasteiger partial charge in [0.1, 0.15) is 0 Å². The molecule has 0 spiro atoms. The predicted octanol–water partition coefficient (Wildman–Crippen LogP) is 4.30. The number of hydrogen-bond donors (Lipinski definition) is 0. The SMILES string of the molecule is O=C(c1cc(Br)ccc1Br)N1CCC(CCCl)C1. The molecule has 1 aliphatic heterocycles. The van der Waals surface area contributed by atoms with Crippen molar-refractivity contribution in [3.8, 4) is 0 Å². The molecule has 0 saturated carbocycles. The Hall–Kier alpha value is -0.0600. The van der Waals surface area contributed by atoms with Crippen LogP contribution in [0, 0.1) is 5.92 Å². The summed E-state index contributed by atoms with van der Waals surface area (Å²) < 4.78 is 1.77. The Bertz CT molecular complexity index is 453. The number of likely N-dealkylation sites (tertiary alicyclic amines) is 1. The molecule has 18 heavy (non-hydrogen) atoms. The Balaban J connectivity index is 2.10. The number of nitrogens with zero attached hydrogens (tertiary/aromatic N) is 1. The van der Waals surface area contributed by atoms with Crippen LogP contribution in [0.15, 0.2) is 27.1 Å². The lowest BCUT2D eigenvalue weighted by Gasteiger charge is -2.17. The van der Waals surface area contributed by atoms with Crippen LogP contribution in [0.5, 0.6) is 0 Å². The summed E-state index contributed by atoms with van der Waals surface area (Å²) in [4.78, 5) is 14.3. The summed E-state index contributed by atoms with van der Waals surface area (Å²) in [6.07, 6.45) is 2.05. The van der Waals surface area contributed by atoms with E-state index in [0.29, 0.717) is 11.8 Å². The number of hydrogen-bond acceptors (Lipinski definition) is 1. The Morgan fingerprint density at radius 2 is 2.22 bits per heavy atom. The zero-order valence-corrected chi connectivity index (χ0v) is 13.8. The number of benzene rings is 1. The molecule has 1 unspecified atom stereocenters. The Labute approximate surface area is 129 Å². The topological polar surface area (TPSA) is 20.3 Å². The zero-order valence-electron chi connectivity index (χ0n) is 9.83. The maximum Gasteiger partial charge on any atom is 0.255 e. The largest absolute Gasteiger partial charge is 0.338 e. The second kappa shape index (κ2) is 6.40. The van der Waals surface area contributed by atoms with Crippen LogP contribution in [0.1, 0.15) is 23.2 Å². The van der Waals surface area contributed by atoms with Gasteiger partial charge in [0.2, 0.25) is 0 Å². The molecule has 1 aromatic rings. The highest BCUT2D eigenvalue weighted by molar-refractivity contribution is 9.11. The molecule has 1 atom stereocenters. The summed E-state index contributed by atoms with van der Waals surface area (Å²) in [6.45, 7) is 1.66. The fourth-order valence-corrected chi connectivity index (χ4v) is 3.32. The zero-order chi connectivity index (χ0) is 13.1. The van der Waals surface area contributed by atoms with Crippen molar-refractivity contribution in [2.75, 3.05) is 19.0 Å². The van der Waals surface area contributed by atoms with Crippen molar-refractivity contribution in [3.05, 3.63) is 32.7 Å². The summed E-state index contributed by atoms with van der Waals surface area (Å²) >= 11 is 12.6. The Morgan fingerprint density at radius 3 is 2.94 bits per heavy atom. The maximum absolute atomic E-state index is 12.4. The van der Waals surface area contributed by atoms with E-state index in [0.717, 1.165) is 40.4 Å². The fourth-order valence-electron chi connectivity index (χ4n) is 2.24. The first-order valence-electron chi connectivity index (χ1n) is 5.92. The molecule has 1 saturated heterocycles. The van der Waals surface area contributed by atoms with Crippen LogP contribution in [0.25, 0.3) is 0 Å². The Kier molecular flexibility index (Phi) is 5.10. The second-order valence-corrected chi connectivity index (χ2v) is 6.66. The molecule has 5 heteroatoms. The van der Waals surface area contributed by atoms with Crippen molar-refractivity contribution in [1.29, 1.82) is 0 Å². The van der Waals surface area contributed by atoms with E-state index in [9.17, 15) is 4.79 Å². The molecule has 98 valence electrons. The van der Waals surface area contributed by atoms with Crippen molar-refractivity contribution >= 4 is 49.4 Å². The van der Waals surface area contributed by atoms with Gasteiger partial charge in [0.25, 0.3) is 5.91 Å². The highest BCUT2D eigenvalue weighted by Crippen LogP contribution is 2.26. The highest BCUT2D eigenvalue weighted by Gasteiger charge is 2.27. The van der Waals surface area contributed by atoms with Crippen LogP contribution < -0.4 is 0 Å². The van der Waals surface area contributed by atoms with Gasteiger partial charge in [0.15, 0.2) is 0 Å². The molecule has 1 fully saturated rings. The number of alkyl halides is 1. The second-order valence-electron chi connectivity index (χ2n) is 4.51. The monoisotopic (exact) mass is 393 g/mol. The molecule has 0 aliphatic carbocycles. The van der Waals surface area contributed by atoms with Gasteiger partial charge in [0.05, 0.1) is 5.56 Å². The molecular weight excluding hydrogens is 381 g/mol. The van der Waals surface area contributed by atoms with E-state index < -0.39 is 0 Å².